The standard InChI is InChI=1S/C17H22N2O3/c1-10(2)7-14(18-4)17(21)19-12-5-6-13-11(3)8-16(20)22-15(13)9-12/h5-6,8-10,14,18H,7H2,1-4H3,(H,19,21). The topological polar surface area (TPSA) is 71.3 Å². The first-order valence-electron chi connectivity index (χ1n) is 7.43. The molecule has 2 aromatic rings. The molecule has 1 heterocycles. The van der Waals surface area contributed by atoms with Crippen molar-refractivity contribution in [2.45, 2.75) is 33.2 Å². The summed E-state index contributed by atoms with van der Waals surface area (Å²) in [7, 11) is 1.77. The minimum atomic E-state index is -0.388. The Bertz CT molecular complexity index is 734. The Kier molecular flexibility index (Phi) is 4.98. The molecule has 2 N–H and O–H groups in total. The molecule has 0 spiro atoms. The van der Waals surface area contributed by atoms with Gasteiger partial charge in [-0.25, -0.2) is 4.79 Å². The first-order chi connectivity index (χ1) is 10.4. The fourth-order valence-corrected chi connectivity index (χ4v) is 2.46. The molecule has 0 fully saturated rings. The van der Waals surface area contributed by atoms with Crippen molar-refractivity contribution in [2.75, 3.05) is 12.4 Å². The van der Waals surface area contributed by atoms with Gasteiger partial charge in [0.2, 0.25) is 5.91 Å². The fourth-order valence-electron chi connectivity index (χ4n) is 2.46. The highest BCUT2D eigenvalue weighted by Crippen LogP contribution is 2.21. The lowest BCUT2D eigenvalue weighted by molar-refractivity contribution is -0.118. The molecule has 22 heavy (non-hydrogen) atoms. The quantitative estimate of drug-likeness (QED) is 0.833. The second kappa shape index (κ2) is 6.75. The smallest absolute Gasteiger partial charge is 0.336 e. The lowest BCUT2D eigenvalue weighted by Crippen LogP contribution is -2.39. The zero-order valence-electron chi connectivity index (χ0n) is 13.4. The molecule has 0 radical (unpaired) electrons. The predicted molar refractivity (Wildman–Crippen MR) is 88.2 cm³/mol. The maximum atomic E-state index is 12.3. The SMILES string of the molecule is CNC(CC(C)C)C(=O)Nc1ccc2c(C)cc(=O)oc2c1. The van der Waals surface area contributed by atoms with Crippen LogP contribution in [0, 0.1) is 12.8 Å². The minimum absolute atomic E-state index is 0.0921. The van der Waals surface area contributed by atoms with Crippen molar-refractivity contribution in [1.29, 1.82) is 0 Å². The first-order valence-corrected chi connectivity index (χ1v) is 7.43. The van der Waals surface area contributed by atoms with E-state index in [2.05, 4.69) is 24.5 Å². The van der Waals surface area contributed by atoms with Gasteiger partial charge in [0.05, 0.1) is 6.04 Å². The van der Waals surface area contributed by atoms with E-state index >= 15 is 0 Å². The van der Waals surface area contributed by atoms with Crippen molar-refractivity contribution in [3.05, 3.63) is 40.2 Å². The number of likely N-dealkylation sites (N-methyl/N-ethyl adjacent to an activating group) is 1. The molecule has 1 amide bonds. The first kappa shape index (κ1) is 16.2. The normalized spacial score (nSPS) is 12.6. The Hall–Kier alpha value is -2.14. The van der Waals surface area contributed by atoms with Gasteiger partial charge in [-0.1, -0.05) is 13.8 Å². The zero-order valence-corrected chi connectivity index (χ0v) is 13.4. The average molecular weight is 302 g/mol. The second-order valence-corrected chi connectivity index (χ2v) is 5.92. The van der Waals surface area contributed by atoms with E-state index in [0.29, 0.717) is 17.2 Å². The van der Waals surface area contributed by atoms with E-state index in [1.807, 2.05) is 19.1 Å². The zero-order chi connectivity index (χ0) is 16.3. The van der Waals surface area contributed by atoms with E-state index in [1.165, 1.54) is 6.07 Å². The summed E-state index contributed by atoms with van der Waals surface area (Å²) in [5.41, 5.74) is 1.57. The van der Waals surface area contributed by atoms with E-state index in [-0.39, 0.29) is 17.6 Å². The van der Waals surface area contributed by atoms with Gasteiger partial charge < -0.3 is 15.1 Å². The number of carbonyl (C=O) groups is 1. The summed E-state index contributed by atoms with van der Waals surface area (Å²) in [6.07, 6.45) is 0.754. The number of anilines is 1. The number of hydrogen-bond donors (Lipinski definition) is 2. The van der Waals surface area contributed by atoms with Crippen molar-refractivity contribution in [3.8, 4) is 0 Å². The lowest BCUT2D eigenvalue weighted by Gasteiger charge is -2.18. The third-order valence-corrected chi connectivity index (χ3v) is 3.59. The largest absolute Gasteiger partial charge is 0.423 e. The van der Waals surface area contributed by atoms with Gasteiger partial charge in [-0.2, -0.15) is 0 Å². The van der Waals surface area contributed by atoms with Crippen LogP contribution in [-0.4, -0.2) is 19.0 Å². The van der Waals surface area contributed by atoms with Crippen LogP contribution < -0.4 is 16.3 Å². The van der Waals surface area contributed by atoms with Crippen LogP contribution in [0.15, 0.2) is 33.5 Å². The summed E-state index contributed by atoms with van der Waals surface area (Å²) in [5.74, 6) is 0.325. The van der Waals surface area contributed by atoms with E-state index in [0.717, 1.165) is 17.4 Å². The molecule has 0 bridgehead atoms. The average Bonchev–Trinajstić information content (AvgIpc) is 2.43. The number of benzene rings is 1. The van der Waals surface area contributed by atoms with Crippen molar-refractivity contribution < 1.29 is 9.21 Å². The molecule has 0 aliphatic heterocycles. The van der Waals surface area contributed by atoms with Crippen LogP contribution in [0.5, 0.6) is 0 Å². The van der Waals surface area contributed by atoms with E-state index < -0.39 is 0 Å². The number of fused-ring (bicyclic) bond motifs is 1. The van der Waals surface area contributed by atoms with E-state index in [4.69, 9.17) is 4.42 Å². The number of rotatable bonds is 5. The third-order valence-electron chi connectivity index (χ3n) is 3.59. The van der Waals surface area contributed by atoms with Crippen LogP contribution in [0.2, 0.25) is 0 Å². The van der Waals surface area contributed by atoms with Gasteiger partial charge in [-0.05, 0) is 44.0 Å². The molecular formula is C17H22N2O3. The van der Waals surface area contributed by atoms with Gasteiger partial charge in [0.15, 0.2) is 0 Å². The van der Waals surface area contributed by atoms with Crippen LogP contribution >= 0.6 is 0 Å². The Morgan fingerprint density at radius 1 is 1.27 bits per heavy atom. The van der Waals surface area contributed by atoms with Crippen molar-refractivity contribution in [3.63, 3.8) is 0 Å². The van der Waals surface area contributed by atoms with Gasteiger partial charge in [-0.15, -0.1) is 0 Å². The summed E-state index contributed by atoms with van der Waals surface area (Å²) in [6.45, 7) is 6.01. The monoisotopic (exact) mass is 302 g/mol. The van der Waals surface area contributed by atoms with Gasteiger partial charge >= 0.3 is 5.63 Å². The van der Waals surface area contributed by atoms with Crippen molar-refractivity contribution in [1.82, 2.24) is 5.32 Å². The number of carbonyl (C=O) groups excluding carboxylic acids is 1. The van der Waals surface area contributed by atoms with Crippen molar-refractivity contribution >= 4 is 22.6 Å². The molecular weight excluding hydrogens is 280 g/mol. The number of aryl methyl sites for hydroxylation is 1. The van der Waals surface area contributed by atoms with Gasteiger partial charge in [0, 0.05) is 23.2 Å². The molecule has 0 saturated carbocycles. The molecule has 1 aromatic carbocycles. The molecule has 1 aromatic heterocycles. The van der Waals surface area contributed by atoms with Crippen molar-refractivity contribution in [2.24, 2.45) is 5.92 Å². The number of amides is 1. The van der Waals surface area contributed by atoms with Crippen LogP contribution in [0.3, 0.4) is 0 Å². The molecule has 1 atom stereocenters. The second-order valence-electron chi connectivity index (χ2n) is 5.92. The summed E-state index contributed by atoms with van der Waals surface area (Å²) < 4.78 is 5.19. The van der Waals surface area contributed by atoms with Crippen LogP contribution in [-0.2, 0) is 4.79 Å². The van der Waals surface area contributed by atoms with Gasteiger partial charge in [-0.3, -0.25) is 4.79 Å². The summed E-state index contributed by atoms with van der Waals surface area (Å²) in [6, 6.07) is 6.56. The summed E-state index contributed by atoms with van der Waals surface area (Å²) in [5, 5.41) is 6.75. The Labute approximate surface area is 129 Å². The predicted octanol–water partition coefficient (Wildman–Crippen LogP) is 2.67. The minimum Gasteiger partial charge on any atom is -0.423 e. The number of hydrogen-bond acceptors (Lipinski definition) is 4. The lowest BCUT2D eigenvalue weighted by atomic mass is 10.0. The maximum Gasteiger partial charge on any atom is 0.336 e. The highest BCUT2D eigenvalue weighted by atomic mass is 16.4. The fraction of sp³-hybridized carbons (Fsp3) is 0.412. The summed E-state index contributed by atoms with van der Waals surface area (Å²) >= 11 is 0. The highest BCUT2D eigenvalue weighted by Gasteiger charge is 2.18. The third kappa shape index (κ3) is 3.74. The molecule has 0 aliphatic carbocycles. The molecule has 5 nitrogen and oxygen atoms in total. The molecule has 5 heteroatoms. The Balaban J connectivity index is 2.24. The van der Waals surface area contributed by atoms with E-state index in [1.54, 1.807) is 13.1 Å². The number of nitrogens with one attached hydrogen (secondary N) is 2. The highest BCUT2D eigenvalue weighted by molar-refractivity contribution is 5.96. The molecule has 0 saturated heterocycles. The Morgan fingerprint density at radius 2 is 2.00 bits per heavy atom. The molecule has 0 aliphatic rings. The van der Waals surface area contributed by atoms with E-state index in [9.17, 15) is 9.59 Å². The molecule has 1 unspecified atom stereocenters. The van der Waals surface area contributed by atoms with Crippen LogP contribution in [0.1, 0.15) is 25.8 Å². The van der Waals surface area contributed by atoms with Gasteiger partial charge in [0.25, 0.3) is 0 Å². The van der Waals surface area contributed by atoms with Gasteiger partial charge in [0.1, 0.15) is 5.58 Å². The maximum absolute atomic E-state index is 12.3. The summed E-state index contributed by atoms with van der Waals surface area (Å²) in [4.78, 5) is 23.7. The molecule has 2 rings (SSSR count). The van der Waals surface area contributed by atoms with Crippen LogP contribution in [0.25, 0.3) is 11.0 Å². The molecule has 118 valence electrons. The van der Waals surface area contributed by atoms with Crippen LogP contribution in [0.4, 0.5) is 5.69 Å². The Morgan fingerprint density at radius 3 is 2.64 bits per heavy atom.